The molecule has 1 aromatic heterocycles. The zero-order valence-corrected chi connectivity index (χ0v) is 11.2. The summed E-state index contributed by atoms with van der Waals surface area (Å²) in [6, 6.07) is 1.74. The number of amides is 1. The van der Waals surface area contributed by atoms with E-state index in [0.717, 1.165) is 18.6 Å². The monoisotopic (exact) mass is 251 g/mol. The van der Waals surface area contributed by atoms with Crippen LogP contribution in [0.3, 0.4) is 0 Å². The van der Waals surface area contributed by atoms with Crippen LogP contribution in [0.4, 0.5) is 0 Å². The molecule has 18 heavy (non-hydrogen) atoms. The van der Waals surface area contributed by atoms with Gasteiger partial charge in [-0.25, -0.2) is 0 Å². The molecule has 5 heteroatoms. The molecule has 1 aromatic rings. The van der Waals surface area contributed by atoms with Crippen LogP contribution in [-0.4, -0.2) is 23.1 Å². The lowest BCUT2D eigenvalue weighted by atomic mass is 9.88. The van der Waals surface area contributed by atoms with Crippen molar-refractivity contribution in [2.45, 2.75) is 45.1 Å². The quantitative estimate of drug-likeness (QED) is 0.833. The van der Waals surface area contributed by atoms with E-state index < -0.39 is 5.54 Å². The molecule has 1 aliphatic rings. The van der Waals surface area contributed by atoms with Crippen LogP contribution in [0.25, 0.3) is 0 Å². The molecule has 0 bridgehead atoms. The van der Waals surface area contributed by atoms with Crippen molar-refractivity contribution in [1.82, 2.24) is 10.5 Å². The molecule has 1 unspecified atom stereocenters. The van der Waals surface area contributed by atoms with Crippen LogP contribution in [0, 0.1) is 5.92 Å². The number of carbonyl (C=O) groups is 1. The first-order valence-electron chi connectivity index (χ1n) is 6.45. The normalized spacial score (nSPS) is 18.7. The number of nitrogens with zero attached hydrogens (tertiary/aromatic N) is 1. The second kappa shape index (κ2) is 4.72. The van der Waals surface area contributed by atoms with Gasteiger partial charge in [0.2, 0.25) is 0 Å². The molecule has 0 aliphatic heterocycles. The maximum Gasteiger partial charge on any atom is 0.273 e. The third-order valence-corrected chi connectivity index (χ3v) is 3.84. The van der Waals surface area contributed by atoms with E-state index in [4.69, 9.17) is 10.3 Å². The standard InChI is InChI=1S/C13H21N3O2/c1-8(2)13(3,7-14)15-12(17)10-6-11(18-16-10)9-4-5-9/h6,8-9H,4-5,7,14H2,1-3H3,(H,15,17). The Morgan fingerprint density at radius 2 is 2.33 bits per heavy atom. The summed E-state index contributed by atoms with van der Waals surface area (Å²) in [5.41, 5.74) is 5.66. The molecule has 0 saturated heterocycles. The second-order valence-corrected chi connectivity index (χ2v) is 5.62. The maximum absolute atomic E-state index is 12.1. The maximum atomic E-state index is 12.1. The number of rotatable bonds is 5. The van der Waals surface area contributed by atoms with E-state index in [1.807, 2.05) is 20.8 Å². The molecule has 1 heterocycles. The van der Waals surface area contributed by atoms with Crippen molar-refractivity contribution in [2.24, 2.45) is 11.7 Å². The van der Waals surface area contributed by atoms with Gasteiger partial charge in [0.25, 0.3) is 5.91 Å². The fourth-order valence-electron chi connectivity index (χ4n) is 1.71. The van der Waals surface area contributed by atoms with Gasteiger partial charge in [0, 0.05) is 18.5 Å². The molecule has 100 valence electrons. The molecular weight excluding hydrogens is 230 g/mol. The molecule has 0 spiro atoms. The van der Waals surface area contributed by atoms with Gasteiger partial charge in [-0.05, 0) is 25.7 Å². The predicted octanol–water partition coefficient (Wildman–Crippen LogP) is 1.66. The van der Waals surface area contributed by atoms with Crippen molar-refractivity contribution in [3.8, 4) is 0 Å². The zero-order chi connectivity index (χ0) is 13.3. The van der Waals surface area contributed by atoms with Crippen molar-refractivity contribution >= 4 is 5.91 Å². The van der Waals surface area contributed by atoms with Gasteiger partial charge in [-0.2, -0.15) is 0 Å². The molecule has 0 radical (unpaired) electrons. The minimum Gasteiger partial charge on any atom is -0.360 e. The second-order valence-electron chi connectivity index (χ2n) is 5.62. The highest BCUT2D eigenvalue weighted by Gasteiger charge is 2.32. The summed E-state index contributed by atoms with van der Waals surface area (Å²) >= 11 is 0. The van der Waals surface area contributed by atoms with Crippen LogP contribution in [0.15, 0.2) is 10.6 Å². The predicted molar refractivity (Wildman–Crippen MR) is 68.2 cm³/mol. The van der Waals surface area contributed by atoms with E-state index in [0.29, 0.717) is 18.2 Å². The molecule has 1 amide bonds. The van der Waals surface area contributed by atoms with Gasteiger partial charge in [0.1, 0.15) is 5.76 Å². The van der Waals surface area contributed by atoms with E-state index in [1.54, 1.807) is 6.07 Å². The Kier molecular flexibility index (Phi) is 3.43. The molecule has 5 nitrogen and oxygen atoms in total. The largest absolute Gasteiger partial charge is 0.360 e. The number of carbonyl (C=O) groups excluding carboxylic acids is 1. The Labute approximate surface area is 107 Å². The van der Waals surface area contributed by atoms with E-state index in [9.17, 15) is 4.79 Å². The van der Waals surface area contributed by atoms with Gasteiger partial charge < -0.3 is 15.6 Å². The molecule has 1 saturated carbocycles. The highest BCUT2D eigenvalue weighted by atomic mass is 16.5. The van der Waals surface area contributed by atoms with Crippen molar-refractivity contribution < 1.29 is 9.32 Å². The molecule has 2 rings (SSSR count). The van der Waals surface area contributed by atoms with E-state index in [1.165, 1.54) is 0 Å². The Morgan fingerprint density at radius 1 is 1.67 bits per heavy atom. The molecule has 1 fully saturated rings. The van der Waals surface area contributed by atoms with Crippen LogP contribution < -0.4 is 11.1 Å². The van der Waals surface area contributed by atoms with Crippen LogP contribution in [0.5, 0.6) is 0 Å². The van der Waals surface area contributed by atoms with Crippen LogP contribution in [-0.2, 0) is 0 Å². The van der Waals surface area contributed by atoms with Gasteiger partial charge in [-0.3, -0.25) is 4.79 Å². The van der Waals surface area contributed by atoms with Crippen LogP contribution in [0.2, 0.25) is 0 Å². The molecular formula is C13H21N3O2. The Hall–Kier alpha value is -1.36. The molecule has 1 aliphatic carbocycles. The fraction of sp³-hybridized carbons (Fsp3) is 0.692. The highest BCUT2D eigenvalue weighted by Crippen LogP contribution is 2.40. The summed E-state index contributed by atoms with van der Waals surface area (Å²) in [5, 5.41) is 6.77. The summed E-state index contributed by atoms with van der Waals surface area (Å²) in [7, 11) is 0. The Balaban J connectivity index is 2.05. The lowest BCUT2D eigenvalue weighted by Gasteiger charge is -2.33. The third kappa shape index (κ3) is 2.56. The number of hydrogen-bond acceptors (Lipinski definition) is 4. The van der Waals surface area contributed by atoms with Gasteiger partial charge in [-0.1, -0.05) is 19.0 Å². The smallest absolute Gasteiger partial charge is 0.273 e. The summed E-state index contributed by atoms with van der Waals surface area (Å²) in [5.74, 6) is 1.32. The third-order valence-electron chi connectivity index (χ3n) is 3.84. The summed E-state index contributed by atoms with van der Waals surface area (Å²) in [6.07, 6.45) is 2.26. The summed E-state index contributed by atoms with van der Waals surface area (Å²) < 4.78 is 5.18. The number of nitrogens with one attached hydrogen (secondary N) is 1. The van der Waals surface area contributed by atoms with Crippen LogP contribution in [0.1, 0.15) is 55.8 Å². The molecule has 0 aromatic carbocycles. The summed E-state index contributed by atoms with van der Waals surface area (Å²) in [4.78, 5) is 12.1. The van der Waals surface area contributed by atoms with E-state index >= 15 is 0 Å². The first-order valence-corrected chi connectivity index (χ1v) is 6.45. The number of aromatic nitrogens is 1. The Morgan fingerprint density at radius 3 is 2.83 bits per heavy atom. The van der Waals surface area contributed by atoms with Crippen molar-refractivity contribution in [3.05, 3.63) is 17.5 Å². The van der Waals surface area contributed by atoms with Gasteiger partial charge >= 0.3 is 0 Å². The molecule has 3 N–H and O–H groups in total. The average molecular weight is 251 g/mol. The minimum atomic E-state index is -0.421. The number of nitrogens with two attached hydrogens (primary N) is 1. The first-order chi connectivity index (χ1) is 8.46. The van der Waals surface area contributed by atoms with Crippen LogP contribution >= 0.6 is 0 Å². The van der Waals surface area contributed by atoms with E-state index in [-0.39, 0.29) is 11.8 Å². The van der Waals surface area contributed by atoms with Crippen molar-refractivity contribution in [3.63, 3.8) is 0 Å². The lowest BCUT2D eigenvalue weighted by molar-refractivity contribution is 0.0873. The molecule has 1 atom stereocenters. The van der Waals surface area contributed by atoms with Crippen molar-refractivity contribution in [2.75, 3.05) is 6.54 Å². The van der Waals surface area contributed by atoms with Crippen molar-refractivity contribution in [1.29, 1.82) is 0 Å². The summed E-state index contributed by atoms with van der Waals surface area (Å²) in [6.45, 7) is 6.40. The zero-order valence-electron chi connectivity index (χ0n) is 11.2. The van der Waals surface area contributed by atoms with Gasteiger partial charge in [-0.15, -0.1) is 0 Å². The Bertz CT molecular complexity index is 437. The van der Waals surface area contributed by atoms with Gasteiger partial charge in [0.05, 0.1) is 5.54 Å². The topological polar surface area (TPSA) is 81.1 Å². The minimum absolute atomic E-state index is 0.215. The van der Waals surface area contributed by atoms with Gasteiger partial charge in [0.15, 0.2) is 5.69 Å². The SMILES string of the molecule is CC(C)C(C)(CN)NC(=O)c1cc(C2CC2)on1. The van der Waals surface area contributed by atoms with E-state index in [2.05, 4.69) is 10.5 Å². The first kappa shape index (κ1) is 13.1. The highest BCUT2D eigenvalue weighted by molar-refractivity contribution is 5.92. The number of hydrogen-bond donors (Lipinski definition) is 2. The average Bonchev–Trinajstić information content (AvgIpc) is 3.06. The lowest BCUT2D eigenvalue weighted by Crippen LogP contribution is -2.55. The fourth-order valence-corrected chi connectivity index (χ4v) is 1.71.